The first kappa shape index (κ1) is 22.9. The topological polar surface area (TPSA) is 80.1 Å². The number of hydrogen-bond donors (Lipinski definition) is 0. The summed E-state index contributed by atoms with van der Waals surface area (Å²) in [5.74, 6) is -1.96. The molecule has 0 bridgehead atoms. The van der Waals surface area contributed by atoms with Crippen LogP contribution in [0.15, 0.2) is 63.9 Å². The largest absolute Gasteiger partial charge is 0.486 e. The van der Waals surface area contributed by atoms with E-state index < -0.39 is 32.5 Å². The highest BCUT2D eigenvalue weighted by Crippen LogP contribution is 2.22. The summed E-state index contributed by atoms with van der Waals surface area (Å²) >= 11 is 0. The molecule has 1 aliphatic rings. The Morgan fingerprint density at radius 3 is 2.24 bits per heavy atom. The number of benzene rings is 2. The molecule has 2 heterocycles. The van der Waals surface area contributed by atoms with Gasteiger partial charge in [0, 0.05) is 32.2 Å². The van der Waals surface area contributed by atoms with Gasteiger partial charge in [-0.1, -0.05) is 0 Å². The van der Waals surface area contributed by atoms with Crippen molar-refractivity contribution in [1.29, 1.82) is 0 Å². The van der Waals surface area contributed by atoms with Gasteiger partial charge in [0.05, 0.1) is 0 Å². The van der Waals surface area contributed by atoms with Crippen molar-refractivity contribution in [3.8, 4) is 5.75 Å². The van der Waals surface area contributed by atoms with Crippen molar-refractivity contribution in [1.82, 2.24) is 9.21 Å². The van der Waals surface area contributed by atoms with E-state index in [1.165, 1.54) is 35.2 Å². The number of carbonyl (C=O) groups is 1. The maximum absolute atomic E-state index is 14.0. The predicted octanol–water partition coefficient (Wildman–Crippen LogP) is 3.42. The molecule has 0 N–H and O–H groups in total. The molecule has 2 aromatic carbocycles. The van der Waals surface area contributed by atoms with Gasteiger partial charge in [-0.15, -0.1) is 0 Å². The molecule has 1 aromatic heterocycles. The maximum atomic E-state index is 14.0. The summed E-state index contributed by atoms with van der Waals surface area (Å²) in [6.45, 7) is 0.0818. The maximum Gasteiger partial charge on any atom is 0.289 e. The van der Waals surface area contributed by atoms with Crippen LogP contribution in [0.25, 0.3) is 0 Å². The van der Waals surface area contributed by atoms with E-state index in [0.29, 0.717) is 17.6 Å². The Kier molecular flexibility index (Phi) is 6.43. The van der Waals surface area contributed by atoms with Crippen molar-refractivity contribution < 1.29 is 35.5 Å². The van der Waals surface area contributed by atoms with Gasteiger partial charge >= 0.3 is 0 Å². The molecule has 1 fully saturated rings. The third kappa shape index (κ3) is 5.04. The SMILES string of the molecule is O=C(c1ccc(COc2ccc(F)cc2)o1)N1CCN(S(=O)(=O)c2ccc(F)cc2F)CC1. The van der Waals surface area contributed by atoms with E-state index in [4.69, 9.17) is 9.15 Å². The second-order valence-corrected chi connectivity index (χ2v) is 9.19. The summed E-state index contributed by atoms with van der Waals surface area (Å²) in [4.78, 5) is 13.5. The molecular formula is C22H19F3N2O5S. The minimum Gasteiger partial charge on any atom is -0.486 e. The van der Waals surface area contributed by atoms with Gasteiger partial charge < -0.3 is 14.1 Å². The lowest BCUT2D eigenvalue weighted by atomic mass is 10.3. The van der Waals surface area contributed by atoms with E-state index in [-0.39, 0.29) is 44.4 Å². The van der Waals surface area contributed by atoms with Gasteiger partial charge in [0.1, 0.15) is 40.5 Å². The van der Waals surface area contributed by atoms with Gasteiger partial charge in [-0.05, 0) is 48.5 Å². The molecule has 1 aliphatic heterocycles. The average molecular weight is 480 g/mol. The molecule has 4 rings (SSSR count). The fourth-order valence-corrected chi connectivity index (χ4v) is 4.83. The number of ether oxygens (including phenoxy) is 1. The highest BCUT2D eigenvalue weighted by Gasteiger charge is 2.33. The molecule has 3 aromatic rings. The standard InChI is InChI=1S/C22H19F3N2O5S/c23-15-1-4-17(5-2-15)31-14-18-6-7-20(32-18)22(28)26-9-11-27(12-10-26)33(29,30)21-8-3-16(24)13-19(21)25/h1-8,13H,9-12,14H2. The number of carbonyl (C=O) groups excluding carboxylic acids is 1. The lowest BCUT2D eigenvalue weighted by Crippen LogP contribution is -2.50. The van der Waals surface area contributed by atoms with Crippen molar-refractivity contribution in [2.75, 3.05) is 26.2 Å². The molecule has 0 atom stereocenters. The monoisotopic (exact) mass is 480 g/mol. The van der Waals surface area contributed by atoms with Crippen LogP contribution < -0.4 is 4.74 Å². The summed E-state index contributed by atoms with van der Waals surface area (Å²) in [6, 6.07) is 10.8. The molecule has 1 amide bonds. The van der Waals surface area contributed by atoms with Crippen LogP contribution in [-0.4, -0.2) is 49.7 Å². The highest BCUT2D eigenvalue weighted by atomic mass is 32.2. The Balaban J connectivity index is 1.35. The Labute approximate surface area is 188 Å². The molecule has 0 saturated carbocycles. The molecule has 11 heteroatoms. The molecule has 1 saturated heterocycles. The Morgan fingerprint density at radius 2 is 1.58 bits per heavy atom. The third-order valence-electron chi connectivity index (χ3n) is 5.10. The summed E-state index contributed by atoms with van der Waals surface area (Å²) in [7, 11) is -4.17. The molecule has 7 nitrogen and oxygen atoms in total. The minimum atomic E-state index is -4.17. The van der Waals surface area contributed by atoms with Crippen LogP contribution >= 0.6 is 0 Å². The van der Waals surface area contributed by atoms with Crippen molar-refractivity contribution in [3.63, 3.8) is 0 Å². The zero-order valence-corrected chi connectivity index (χ0v) is 18.0. The lowest BCUT2D eigenvalue weighted by molar-refractivity contribution is 0.0662. The zero-order valence-electron chi connectivity index (χ0n) is 17.2. The smallest absolute Gasteiger partial charge is 0.289 e. The number of halogens is 3. The van der Waals surface area contributed by atoms with Gasteiger partial charge in [-0.25, -0.2) is 21.6 Å². The molecule has 174 valence electrons. The first-order valence-electron chi connectivity index (χ1n) is 9.95. The summed E-state index contributed by atoms with van der Waals surface area (Å²) in [5.41, 5.74) is 0. The second-order valence-electron chi connectivity index (χ2n) is 7.28. The van der Waals surface area contributed by atoms with Crippen molar-refractivity contribution in [3.05, 3.63) is 83.6 Å². The van der Waals surface area contributed by atoms with E-state index >= 15 is 0 Å². The van der Waals surface area contributed by atoms with Gasteiger partial charge in [-0.2, -0.15) is 4.31 Å². The molecule has 0 radical (unpaired) electrons. The van der Waals surface area contributed by atoms with Crippen molar-refractivity contribution in [2.24, 2.45) is 0 Å². The zero-order chi connectivity index (χ0) is 23.6. The van der Waals surface area contributed by atoms with E-state index in [1.54, 1.807) is 6.07 Å². The number of rotatable bonds is 6. The Morgan fingerprint density at radius 1 is 0.909 bits per heavy atom. The Hall–Kier alpha value is -3.31. The molecule has 0 unspecified atom stereocenters. The average Bonchev–Trinajstić information content (AvgIpc) is 3.27. The van der Waals surface area contributed by atoms with Gasteiger partial charge in [0.2, 0.25) is 10.0 Å². The normalized spacial score (nSPS) is 14.9. The molecule has 0 aliphatic carbocycles. The number of piperazine rings is 1. The van der Waals surface area contributed by atoms with Crippen LogP contribution in [0, 0.1) is 17.5 Å². The number of furan rings is 1. The first-order valence-corrected chi connectivity index (χ1v) is 11.4. The first-order chi connectivity index (χ1) is 15.7. The minimum absolute atomic E-state index is 0.0359. The molecule has 0 spiro atoms. The van der Waals surface area contributed by atoms with Crippen LogP contribution in [-0.2, 0) is 16.6 Å². The van der Waals surface area contributed by atoms with Crippen LogP contribution in [0.2, 0.25) is 0 Å². The molecular weight excluding hydrogens is 461 g/mol. The highest BCUT2D eigenvalue weighted by molar-refractivity contribution is 7.89. The lowest BCUT2D eigenvalue weighted by Gasteiger charge is -2.33. The number of hydrogen-bond acceptors (Lipinski definition) is 5. The van der Waals surface area contributed by atoms with Crippen LogP contribution in [0.1, 0.15) is 16.3 Å². The summed E-state index contributed by atoms with van der Waals surface area (Å²) in [5, 5.41) is 0. The predicted molar refractivity (Wildman–Crippen MR) is 110 cm³/mol. The van der Waals surface area contributed by atoms with Gasteiger partial charge in [0.25, 0.3) is 5.91 Å². The fraction of sp³-hybridized carbons (Fsp3) is 0.227. The van der Waals surface area contributed by atoms with E-state index in [1.807, 2.05) is 0 Å². The molecule has 33 heavy (non-hydrogen) atoms. The number of amides is 1. The van der Waals surface area contributed by atoms with Crippen molar-refractivity contribution >= 4 is 15.9 Å². The second kappa shape index (κ2) is 9.28. The summed E-state index contributed by atoms with van der Waals surface area (Å²) in [6.07, 6.45) is 0. The quantitative estimate of drug-likeness (QED) is 0.540. The number of sulfonamides is 1. The van der Waals surface area contributed by atoms with E-state index in [2.05, 4.69) is 0 Å². The summed E-state index contributed by atoms with van der Waals surface area (Å²) < 4.78 is 77.5. The number of nitrogens with zero attached hydrogens (tertiary/aromatic N) is 2. The van der Waals surface area contributed by atoms with Crippen LogP contribution in [0.4, 0.5) is 13.2 Å². The van der Waals surface area contributed by atoms with E-state index in [0.717, 1.165) is 16.4 Å². The van der Waals surface area contributed by atoms with Crippen molar-refractivity contribution in [2.45, 2.75) is 11.5 Å². The Bertz CT molecular complexity index is 1250. The van der Waals surface area contributed by atoms with Crippen LogP contribution in [0.3, 0.4) is 0 Å². The van der Waals surface area contributed by atoms with Crippen LogP contribution in [0.5, 0.6) is 5.75 Å². The van der Waals surface area contributed by atoms with Gasteiger partial charge in [-0.3, -0.25) is 4.79 Å². The fourth-order valence-electron chi connectivity index (χ4n) is 3.37. The third-order valence-corrected chi connectivity index (χ3v) is 7.04. The van der Waals surface area contributed by atoms with Gasteiger partial charge in [0.15, 0.2) is 5.76 Å². The van der Waals surface area contributed by atoms with E-state index in [9.17, 15) is 26.4 Å².